The molecular formula is C40H68B2O4S2Si2. The van der Waals surface area contributed by atoms with Crippen LogP contribution in [0, 0.1) is 0 Å². The Balaban J connectivity index is 2.01. The van der Waals surface area contributed by atoms with Crippen molar-refractivity contribution in [3.8, 4) is 0 Å². The van der Waals surface area contributed by atoms with Crippen LogP contribution in [0.15, 0.2) is 12.1 Å². The number of hydrogen-bond acceptors (Lipinski definition) is 6. The minimum absolute atomic E-state index is 0.446. The summed E-state index contributed by atoms with van der Waals surface area (Å²) in [5, 5.41) is 2.55. The first-order chi connectivity index (χ1) is 22.7. The van der Waals surface area contributed by atoms with Gasteiger partial charge in [-0.05, 0) is 121 Å². The van der Waals surface area contributed by atoms with Crippen LogP contribution in [0.3, 0.4) is 0 Å². The third-order valence-electron chi connectivity index (χ3n) is 14.1. The highest BCUT2D eigenvalue weighted by Gasteiger charge is 2.57. The van der Waals surface area contributed by atoms with Crippen LogP contribution < -0.4 is 19.9 Å². The van der Waals surface area contributed by atoms with Gasteiger partial charge in [-0.3, -0.25) is 0 Å². The molecule has 0 unspecified atom stereocenters. The standard InChI is InChI=1S/C40H68B2O4S2Si2/c1-23(2)49(24(3)4,25(5)6)31-21-29-33(41-43-37(13,14)38(15,16)44-41)36-30(22-32(48-36)50(26(7)8,27(9)10)28(11)12)34(35(29)47-31)42-45-39(17,18)40(19,20)46-42/h21-28H,1-20H3. The summed E-state index contributed by atoms with van der Waals surface area (Å²) in [5.74, 6) is 0. The summed E-state index contributed by atoms with van der Waals surface area (Å²) >= 11 is 4.07. The molecule has 0 amide bonds. The number of thiophene rings is 2. The van der Waals surface area contributed by atoms with Crippen molar-refractivity contribution in [3.05, 3.63) is 12.1 Å². The van der Waals surface area contributed by atoms with E-state index in [0.717, 1.165) is 0 Å². The fourth-order valence-electron chi connectivity index (χ4n) is 10.4. The molecule has 0 spiro atoms. The Bertz CT molecular complexity index is 1480. The van der Waals surface area contributed by atoms with Crippen molar-refractivity contribution in [1.29, 1.82) is 0 Å². The molecule has 5 rings (SSSR count). The van der Waals surface area contributed by atoms with Crippen molar-refractivity contribution in [2.24, 2.45) is 0 Å². The molecule has 0 aliphatic carbocycles. The molecule has 0 atom stereocenters. The Hall–Kier alpha value is -0.456. The highest BCUT2D eigenvalue weighted by atomic mass is 32.1. The summed E-state index contributed by atoms with van der Waals surface area (Å²) in [5.41, 5.74) is 4.22. The molecule has 0 saturated carbocycles. The number of rotatable bonds is 10. The zero-order valence-electron chi connectivity index (χ0n) is 35.2. The van der Waals surface area contributed by atoms with Gasteiger partial charge in [0.2, 0.25) is 0 Å². The van der Waals surface area contributed by atoms with E-state index in [9.17, 15) is 0 Å². The highest BCUT2D eigenvalue weighted by Crippen LogP contribution is 2.47. The average molecular weight is 755 g/mol. The van der Waals surface area contributed by atoms with Gasteiger partial charge in [0.15, 0.2) is 0 Å². The van der Waals surface area contributed by atoms with Crippen molar-refractivity contribution in [2.45, 2.75) is 194 Å². The summed E-state index contributed by atoms with van der Waals surface area (Å²) < 4.78 is 33.8. The van der Waals surface area contributed by atoms with Gasteiger partial charge < -0.3 is 18.6 Å². The van der Waals surface area contributed by atoms with Crippen molar-refractivity contribution in [1.82, 2.24) is 0 Å². The summed E-state index contributed by atoms with van der Waals surface area (Å²) in [6.07, 6.45) is 0. The van der Waals surface area contributed by atoms with E-state index in [2.05, 4.69) is 151 Å². The largest absolute Gasteiger partial charge is 0.496 e. The molecule has 278 valence electrons. The third-order valence-corrected chi connectivity index (χ3v) is 32.3. The van der Waals surface area contributed by atoms with Crippen molar-refractivity contribution >= 4 is 93.2 Å². The normalized spacial score (nSPS) is 20.9. The second-order valence-electron chi connectivity index (χ2n) is 19.5. The van der Waals surface area contributed by atoms with Gasteiger partial charge in [-0.2, -0.15) is 0 Å². The number of hydrogen-bond donors (Lipinski definition) is 0. The maximum Gasteiger partial charge on any atom is 0.496 e. The van der Waals surface area contributed by atoms with E-state index in [1.807, 2.05) is 22.7 Å². The molecule has 3 aromatic rings. The van der Waals surface area contributed by atoms with Crippen LogP contribution in [0.1, 0.15) is 138 Å². The Labute approximate surface area is 316 Å². The molecule has 0 bridgehead atoms. The lowest BCUT2D eigenvalue weighted by atomic mass is 9.70. The van der Waals surface area contributed by atoms with Crippen molar-refractivity contribution in [2.75, 3.05) is 0 Å². The van der Waals surface area contributed by atoms with Crippen LogP contribution in [-0.4, -0.2) is 52.8 Å². The average Bonchev–Trinajstić information content (AvgIpc) is 3.63. The predicted molar refractivity (Wildman–Crippen MR) is 230 cm³/mol. The molecule has 4 heterocycles. The molecule has 2 aromatic heterocycles. The molecule has 4 nitrogen and oxygen atoms in total. The molecule has 2 fully saturated rings. The second-order valence-corrected chi connectivity index (χ2v) is 34.1. The Morgan fingerprint density at radius 3 is 0.860 bits per heavy atom. The fraction of sp³-hybridized carbons (Fsp3) is 0.750. The molecule has 0 radical (unpaired) electrons. The minimum atomic E-state index is -2.00. The van der Waals surface area contributed by atoms with Gasteiger partial charge in [0.1, 0.15) is 16.1 Å². The van der Waals surface area contributed by atoms with Crippen LogP contribution in [-0.2, 0) is 18.6 Å². The van der Waals surface area contributed by atoms with E-state index in [-0.39, 0.29) is 0 Å². The first-order valence-corrected chi connectivity index (χ1v) is 25.6. The third kappa shape index (κ3) is 5.78. The summed E-state index contributed by atoms with van der Waals surface area (Å²) in [6.45, 7) is 47.1. The van der Waals surface area contributed by atoms with E-state index >= 15 is 0 Å². The van der Waals surface area contributed by atoms with Crippen LogP contribution in [0.25, 0.3) is 20.2 Å². The van der Waals surface area contributed by atoms with Crippen LogP contribution in [0.2, 0.25) is 33.2 Å². The van der Waals surface area contributed by atoms with Gasteiger partial charge in [0.25, 0.3) is 0 Å². The SMILES string of the molecule is CC(C)[Si](c1cc2c(B3OC(C)(C)C(C)(C)O3)c3sc([Si](C(C)C)(C(C)C)C(C)C)cc3c(B3OC(C)(C)C(C)(C)O3)c2s1)(C(C)C)C(C)C. The Morgan fingerprint density at radius 1 is 0.440 bits per heavy atom. The molecule has 2 aliphatic heterocycles. The maximum atomic E-state index is 7.02. The predicted octanol–water partition coefficient (Wildman–Crippen LogP) is 10.5. The van der Waals surface area contributed by atoms with Gasteiger partial charge in [-0.15, -0.1) is 22.7 Å². The van der Waals surface area contributed by atoms with Gasteiger partial charge in [0.05, 0.1) is 22.4 Å². The highest BCUT2D eigenvalue weighted by molar-refractivity contribution is 7.35. The van der Waals surface area contributed by atoms with Crippen molar-refractivity contribution in [3.63, 3.8) is 0 Å². The topological polar surface area (TPSA) is 36.9 Å². The van der Waals surface area contributed by atoms with Crippen molar-refractivity contribution < 1.29 is 18.6 Å². The smallest absolute Gasteiger partial charge is 0.399 e. The molecule has 2 saturated heterocycles. The molecule has 1 aromatic carbocycles. The summed E-state index contributed by atoms with van der Waals surface area (Å²) in [7, 11) is -4.93. The first kappa shape index (κ1) is 40.7. The Kier molecular flexibility index (Phi) is 10.7. The number of benzene rings is 1. The quantitative estimate of drug-likeness (QED) is 0.193. The van der Waals surface area contributed by atoms with E-state index in [0.29, 0.717) is 33.2 Å². The lowest BCUT2D eigenvalue weighted by Gasteiger charge is -2.42. The molecule has 10 heteroatoms. The molecule has 2 aliphatic rings. The van der Waals surface area contributed by atoms with Crippen LogP contribution in [0.4, 0.5) is 0 Å². The van der Waals surface area contributed by atoms with Crippen LogP contribution >= 0.6 is 22.7 Å². The van der Waals surface area contributed by atoms with Crippen LogP contribution in [0.5, 0.6) is 0 Å². The van der Waals surface area contributed by atoms with Gasteiger partial charge in [-0.25, -0.2) is 0 Å². The zero-order valence-corrected chi connectivity index (χ0v) is 38.9. The second kappa shape index (κ2) is 13.1. The van der Waals surface area contributed by atoms with E-state index < -0.39 is 52.8 Å². The Morgan fingerprint density at radius 2 is 0.660 bits per heavy atom. The lowest BCUT2D eigenvalue weighted by Crippen LogP contribution is -2.54. The maximum absolute atomic E-state index is 7.02. The van der Waals surface area contributed by atoms with Gasteiger partial charge >= 0.3 is 14.2 Å². The first-order valence-electron chi connectivity index (χ1n) is 19.5. The molecular weight excluding hydrogens is 686 g/mol. The van der Waals surface area contributed by atoms with E-state index in [4.69, 9.17) is 18.6 Å². The minimum Gasteiger partial charge on any atom is -0.399 e. The van der Waals surface area contributed by atoms with E-state index in [1.54, 1.807) is 9.00 Å². The molecule has 50 heavy (non-hydrogen) atoms. The van der Waals surface area contributed by atoms with Gasteiger partial charge in [-0.1, -0.05) is 83.1 Å². The molecule has 0 N–H and O–H groups in total. The number of fused-ring (bicyclic) bond motifs is 2. The monoisotopic (exact) mass is 754 g/mol. The zero-order chi connectivity index (χ0) is 37.9. The summed E-state index contributed by atoms with van der Waals surface area (Å²) in [4.78, 5) is 0. The lowest BCUT2D eigenvalue weighted by molar-refractivity contribution is 0.00578. The van der Waals surface area contributed by atoms with Gasteiger partial charge in [0, 0.05) is 20.3 Å². The summed E-state index contributed by atoms with van der Waals surface area (Å²) in [6, 6.07) is 5.19. The van der Waals surface area contributed by atoms with E-state index in [1.165, 1.54) is 31.1 Å². The fourth-order valence-corrected chi connectivity index (χ4v) is 30.8.